The van der Waals surface area contributed by atoms with Gasteiger partial charge in [-0.25, -0.2) is 0 Å². The molecular weight excluding hydrogens is 242 g/mol. The van der Waals surface area contributed by atoms with Crippen molar-refractivity contribution in [2.45, 2.75) is 6.54 Å². The summed E-state index contributed by atoms with van der Waals surface area (Å²) >= 11 is 1.75. The summed E-state index contributed by atoms with van der Waals surface area (Å²) in [5, 5.41) is 0. The Morgan fingerprint density at radius 2 is 1.83 bits per heavy atom. The van der Waals surface area contributed by atoms with E-state index in [2.05, 4.69) is 45.1 Å². The van der Waals surface area contributed by atoms with Gasteiger partial charge in [0.25, 0.3) is 0 Å². The van der Waals surface area contributed by atoms with E-state index in [0.717, 1.165) is 32.7 Å². The Balaban J connectivity index is 1.55. The number of aromatic nitrogens is 1. The van der Waals surface area contributed by atoms with Crippen LogP contribution in [0.1, 0.15) is 4.88 Å². The van der Waals surface area contributed by atoms with Gasteiger partial charge in [0.05, 0.1) is 5.51 Å². The summed E-state index contributed by atoms with van der Waals surface area (Å²) in [5.74, 6) is 0. The highest BCUT2D eigenvalue weighted by atomic mass is 32.1. The first kappa shape index (κ1) is 11.7. The van der Waals surface area contributed by atoms with Crippen LogP contribution in [-0.2, 0) is 6.54 Å². The van der Waals surface area contributed by atoms with Gasteiger partial charge < -0.3 is 4.90 Å². The maximum absolute atomic E-state index is 4.13. The molecule has 0 radical (unpaired) electrons. The van der Waals surface area contributed by atoms with Gasteiger partial charge in [0.1, 0.15) is 0 Å². The predicted octanol–water partition coefficient (Wildman–Crippen LogP) is 2.47. The molecule has 0 amide bonds. The first-order valence-electron chi connectivity index (χ1n) is 6.31. The molecule has 4 heteroatoms. The molecule has 0 aliphatic carbocycles. The zero-order chi connectivity index (χ0) is 12.2. The predicted molar refractivity (Wildman–Crippen MR) is 76.0 cm³/mol. The average Bonchev–Trinajstić information content (AvgIpc) is 2.94. The average molecular weight is 259 g/mol. The van der Waals surface area contributed by atoms with Gasteiger partial charge >= 0.3 is 0 Å². The number of thiazole rings is 1. The summed E-state index contributed by atoms with van der Waals surface area (Å²) in [7, 11) is 0. The van der Waals surface area contributed by atoms with Gasteiger partial charge in [-0.2, -0.15) is 0 Å². The van der Waals surface area contributed by atoms with E-state index >= 15 is 0 Å². The molecule has 0 unspecified atom stereocenters. The molecule has 1 aliphatic heterocycles. The molecule has 3 rings (SSSR count). The van der Waals surface area contributed by atoms with E-state index in [1.807, 2.05) is 11.7 Å². The van der Waals surface area contributed by atoms with Crippen molar-refractivity contribution in [3.63, 3.8) is 0 Å². The lowest BCUT2D eigenvalue weighted by Gasteiger charge is -2.35. The van der Waals surface area contributed by atoms with Crippen molar-refractivity contribution in [3.05, 3.63) is 46.9 Å². The third kappa shape index (κ3) is 2.71. The summed E-state index contributed by atoms with van der Waals surface area (Å²) in [6.07, 6.45) is 1.98. The lowest BCUT2D eigenvalue weighted by atomic mass is 10.2. The van der Waals surface area contributed by atoms with E-state index in [1.54, 1.807) is 11.3 Å². The number of piperazine rings is 1. The number of para-hydroxylation sites is 1. The molecule has 94 valence electrons. The molecule has 0 N–H and O–H groups in total. The Labute approximate surface area is 112 Å². The van der Waals surface area contributed by atoms with Crippen LogP contribution in [0.25, 0.3) is 0 Å². The number of nitrogens with zero attached hydrogens (tertiary/aromatic N) is 3. The second-order valence-electron chi connectivity index (χ2n) is 4.57. The maximum Gasteiger partial charge on any atom is 0.0794 e. The summed E-state index contributed by atoms with van der Waals surface area (Å²) < 4.78 is 0. The molecule has 1 fully saturated rings. The van der Waals surface area contributed by atoms with Crippen molar-refractivity contribution in [2.75, 3.05) is 31.1 Å². The number of hydrogen-bond acceptors (Lipinski definition) is 4. The van der Waals surface area contributed by atoms with Gasteiger partial charge in [0.15, 0.2) is 0 Å². The number of benzene rings is 1. The van der Waals surface area contributed by atoms with Gasteiger partial charge in [0.2, 0.25) is 0 Å². The van der Waals surface area contributed by atoms with E-state index in [9.17, 15) is 0 Å². The molecule has 2 aromatic rings. The van der Waals surface area contributed by atoms with Crippen molar-refractivity contribution >= 4 is 17.0 Å². The minimum absolute atomic E-state index is 1.05. The summed E-state index contributed by atoms with van der Waals surface area (Å²) in [5.41, 5.74) is 3.25. The smallest absolute Gasteiger partial charge is 0.0794 e. The van der Waals surface area contributed by atoms with Crippen molar-refractivity contribution in [1.29, 1.82) is 0 Å². The Morgan fingerprint density at radius 1 is 1.06 bits per heavy atom. The molecule has 0 bridgehead atoms. The Morgan fingerprint density at radius 3 is 2.50 bits per heavy atom. The van der Waals surface area contributed by atoms with Crippen LogP contribution in [0, 0.1) is 0 Å². The molecule has 1 saturated heterocycles. The number of rotatable bonds is 3. The molecular formula is C14H17N3S. The monoisotopic (exact) mass is 259 g/mol. The summed E-state index contributed by atoms with van der Waals surface area (Å²) in [6.45, 7) is 5.54. The fourth-order valence-corrected chi connectivity index (χ4v) is 2.98. The second kappa shape index (κ2) is 5.50. The normalized spacial score (nSPS) is 17.0. The van der Waals surface area contributed by atoms with E-state index in [1.165, 1.54) is 10.6 Å². The molecule has 1 aliphatic rings. The highest BCUT2D eigenvalue weighted by Crippen LogP contribution is 2.17. The van der Waals surface area contributed by atoms with Gasteiger partial charge in [0, 0.05) is 49.5 Å². The highest BCUT2D eigenvalue weighted by Gasteiger charge is 2.17. The van der Waals surface area contributed by atoms with Crippen molar-refractivity contribution < 1.29 is 0 Å². The van der Waals surface area contributed by atoms with Crippen LogP contribution < -0.4 is 4.90 Å². The minimum atomic E-state index is 1.05. The van der Waals surface area contributed by atoms with Crippen LogP contribution in [0.2, 0.25) is 0 Å². The molecule has 2 heterocycles. The summed E-state index contributed by atoms with van der Waals surface area (Å²) in [6, 6.07) is 10.7. The maximum atomic E-state index is 4.13. The van der Waals surface area contributed by atoms with Crippen molar-refractivity contribution in [2.24, 2.45) is 0 Å². The van der Waals surface area contributed by atoms with Gasteiger partial charge in [-0.3, -0.25) is 9.88 Å². The third-order valence-corrected chi connectivity index (χ3v) is 4.12. The van der Waals surface area contributed by atoms with Crippen LogP contribution in [0.15, 0.2) is 42.0 Å². The zero-order valence-electron chi connectivity index (χ0n) is 10.3. The first-order valence-corrected chi connectivity index (χ1v) is 7.19. The number of hydrogen-bond donors (Lipinski definition) is 0. The molecule has 0 atom stereocenters. The fraction of sp³-hybridized carbons (Fsp3) is 0.357. The molecule has 1 aromatic heterocycles. The Hall–Kier alpha value is -1.39. The van der Waals surface area contributed by atoms with Crippen LogP contribution in [-0.4, -0.2) is 36.1 Å². The second-order valence-corrected chi connectivity index (χ2v) is 5.54. The minimum Gasteiger partial charge on any atom is -0.369 e. The Bertz CT molecular complexity index is 461. The third-order valence-electron chi connectivity index (χ3n) is 3.36. The van der Waals surface area contributed by atoms with Gasteiger partial charge in [-0.15, -0.1) is 11.3 Å². The van der Waals surface area contributed by atoms with Gasteiger partial charge in [-0.05, 0) is 12.1 Å². The van der Waals surface area contributed by atoms with E-state index in [4.69, 9.17) is 0 Å². The van der Waals surface area contributed by atoms with Crippen molar-refractivity contribution in [1.82, 2.24) is 9.88 Å². The lowest BCUT2D eigenvalue weighted by molar-refractivity contribution is 0.252. The SMILES string of the molecule is c1ccc(N2CCN(Cc3cncs3)CC2)cc1. The van der Waals surface area contributed by atoms with Crippen LogP contribution in [0.3, 0.4) is 0 Å². The van der Waals surface area contributed by atoms with E-state index < -0.39 is 0 Å². The molecule has 18 heavy (non-hydrogen) atoms. The zero-order valence-corrected chi connectivity index (χ0v) is 11.1. The standard InChI is InChI=1S/C14H17N3S/c1-2-4-13(5-3-1)17-8-6-16(7-9-17)11-14-10-15-12-18-14/h1-5,10,12H,6-9,11H2. The van der Waals surface area contributed by atoms with E-state index in [0.29, 0.717) is 0 Å². The van der Waals surface area contributed by atoms with Crippen LogP contribution >= 0.6 is 11.3 Å². The highest BCUT2D eigenvalue weighted by molar-refractivity contribution is 7.09. The van der Waals surface area contributed by atoms with Crippen LogP contribution in [0.4, 0.5) is 5.69 Å². The first-order chi connectivity index (χ1) is 8.92. The van der Waals surface area contributed by atoms with Crippen LogP contribution in [0.5, 0.6) is 0 Å². The molecule has 3 nitrogen and oxygen atoms in total. The molecule has 1 aromatic carbocycles. The molecule has 0 saturated carbocycles. The van der Waals surface area contributed by atoms with Crippen molar-refractivity contribution in [3.8, 4) is 0 Å². The largest absolute Gasteiger partial charge is 0.369 e. The fourth-order valence-electron chi connectivity index (χ4n) is 2.34. The van der Waals surface area contributed by atoms with E-state index in [-0.39, 0.29) is 0 Å². The lowest BCUT2D eigenvalue weighted by Crippen LogP contribution is -2.45. The quantitative estimate of drug-likeness (QED) is 0.844. The molecule has 0 spiro atoms. The van der Waals surface area contributed by atoms with Gasteiger partial charge in [-0.1, -0.05) is 18.2 Å². The topological polar surface area (TPSA) is 19.4 Å². The number of anilines is 1. The Kier molecular flexibility index (Phi) is 3.57. The summed E-state index contributed by atoms with van der Waals surface area (Å²) in [4.78, 5) is 10.5.